The maximum atomic E-state index is 13.6. The van der Waals surface area contributed by atoms with Crippen molar-refractivity contribution in [2.24, 2.45) is 28.4 Å². The maximum Gasteiger partial charge on any atom is 0.226 e. The van der Waals surface area contributed by atoms with Crippen LogP contribution in [0, 0.1) is 22.7 Å². The fraction of sp³-hybridized carbons (Fsp3) is 0.731. The van der Waals surface area contributed by atoms with Crippen molar-refractivity contribution in [2.45, 2.75) is 90.0 Å². The Labute approximate surface area is 177 Å². The van der Waals surface area contributed by atoms with E-state index in [1.165, 1.54) is 24.8 Å². The molecule has 29 heavy (non-hydrogen) atoms. The molecule has 4 rings (SSSR count). The van der Waals surface area contributed by atoms with Crippen LogP contribution in [0.5, 0.6) is 0 Å². The van der Waals surface area contributed by atoms with Crippen LogP contribution in [0.3, 0.4) is 0 Å². The first-order valence-corrected chi connectivity index (χ1v) is 11.8. The fourth-order valence-electron chi connectivity index (χ4n) is 7.39. The molecule has 0 saturated heterocycles. The average Bonchev–Trinajstić information content (AvgIpc) is 2.67. The molecule has 0 radical (unpaired) electrons. The summed E-state index contributed by atoms with van der Waals surface area (Å²) < 4.78 is 0. The summed E-state index contributed by atoms with van der Waals surface area (Å²) in [7, 11) is 0. The van der Waals surface area contributed by atoms with E-state index in [0.29, 0.717) is 29.2 Å². The van der Waals surface area contributed by atoms with Gasteiger partial charge < -0.3 is 11.1 Å². The number of fused-ring (bicyclic) bond motifs is 2. The third-order valence-electron chi connectivity index (χ3n) is 8.26. The summed E-state index contributed by atoms with van der Waals surface area (Å²) in [4.78, 5) is 13.6. The average molecular weight is 397 g/mol. The van der Waals surface area contributed by atoms with Crippen LogP contribution < -0.4 is 11.1 Å². The molecule has 0 spiro atoms. The molecule has 3 aliphatic carbocycles. The summed E-state index contributed by atoms with van der Waals surface area (Å²) in [6.45, 7) is 7.89. The van der Waals surface area contributed by atoms with Crippen molar-refractivity contribution in [3.63, 3.8) is 0 Å². The summed E-state index contributed by atoms with van der Waals surface area (Å²) in [5.74, 6) is 1.59. The number of hydrogen-bond donors (Lipinski definition) is 2. The topological polar surface area (TPSA) is 55.1 Å². The lowest BCUT2D eigenvalue weighted by Crippen LogP contribution is -2.55. The van der Waals surface area contributed by atoms with Gasteiger partial charge >= 0.3 is 0 Å². The van der Waals surface area contributed by atoms with Crippen molar-refractivity contribution < 1.29 is 4.79 Å². The van der Waals surface area contributed by atoms with Crippen molar-refractivity contribution in [3.05, 3.63) is 35.9 Å². The van der Waals surface area contributed by atoms with Gasteiger partial charge in [-0.2, -0.15) is 0 Å². The molecule has 1 aromatic rings. The molecule has 3 nitrogen and oxygen atoms in total. The summed E-state index contributed by atoms with van der Waals surface area (Å²) in [5.41, 5.74) is 7.50. The zero-order chi connectivity index (χ0) is 20.7. The van der Waals surface area contributed by atoms with Gasteiger partial charge in [0, 0.05) is 11.5 Å². The lowest BCUT2D eigenvalue weighted by molar-refractivity contribution is -0.138. The zero-order valence-corrected chi connectivity index (χ0v) is 18.7. The van der Waals surface area contributed by atoms with Gasteiger partial charge in [0.2, 0.25) is 5.91 Å². The Morgan fingerprint density at radius 1 is 1.00 bits per heavy atom. The number of benzene rings is 1. The monoisotopic (exact) mass is 396 g/mol. The molecule has 1 aromatic carbocycles. The number of hydrogen-bond acceptors (Lipinski definition) is 2. The number of rotatable bonds is 4. The number of amides is 1. The standard InChI is InChI=1S/C26H40N2O/c1-24(2)13-20-14-25(3,23(29)28-22-11-9-19(16-27)10-12-22)18-26(15-20,17-24)21-7-5-4-6-8-21/h4-8,19-20,22H,9-18,27H2,1-3H3,(H,28,29). The molecule has 3 unspecified atom stereocenters. The van der Waals surface area contributed by atoms with Gasteiger partial charge in [-0.15, -0.1) is 0 Å². The second-order valence-corrected chi connectivity index (χ2v) is 11.6. The zero-order valence-electron chi connectivity index (χ0n) is 18.7. The number of carbonyl (C=O) groups is 1. The van der Waals surface area contributed by atoms with Gasteiger partial charge in [0.25, 0.3) is 0 Å². The second-order valence-electron chi connectivity index (χ2n) is 11.6. The van der Waals surface area contributed by atoms with Crippen molar-refractivity contribution in [1.29, 1.82) is 0 Å². The van der Waals surface area contributed by atoms with E-state index in [9.17, 15) is 4.79 Å². The number of nitrogens with two attached hydrogens (primary N) is 1. The molecule has 0 heterocycles. The minimum absolute atomic E-state index is 0.134. The highest BCUT2D eigenvalue weighted by Crippen LogP contribution is 2.61. The van der Waals surface area contributed by atoms with E-state index < -0.39 is 0 Å². The van der Waals surface area contributed by atoms with E-state index in [-0.39, 0.29) is 10.8 Å². The van der Waals surface area contributed by atoms with Crippen molar-refractivity contribution >= 4 is 5.91 Å². The summed E-state index contributed by atoms with van der Waals surface area (Å²) >= 11 is 0. The first kappa shape index (κ1) is 20.9. The van der Waals surface area contributed by atoms with Crippen LogP contribution in [0.25, 0.3) is 0 Å². The highest BCUT2D eigenvalue weighted by Gasteiger charge is 2.55. The summed E-state index contributed by atoms with van der Waals surface area (Å²) in [6.07, 6.45) is 10.2. The van der Waals surface area contributed by atoms with Crippen LogP contribution in [0.1, 0.15) is 84.1 Å². The Kier molecular flexibility index (Phi) is 5.57. The predicted molar refractivity (Wildman–Crippen MR) is 120 cm³/mol. The Morgan fingerprint density at radius 2 is 1.69 bits per heavy atom. The van der Waals surface area contributed by atoms with Crippen LogP contribution in [0.2, 0.25) is 0 Å². The second kappa shape index (κ2) is 7.72. The molecule has 2 bridgehead atoms. The van der Waals surface area contributed by atoms with E-state index in [2.05, 4.69) is 56.4 Å². The molecule has 3 aliphatic rings. The highest BCUT2D eigenvalue weighted by atomic mass is 16.2. The van der Waals surface area contributed by atoms with Gasteiger partial charge in [-0.05, 0) is 92.6 Å². The van der Waals surface area contributed by atoms with Crippen molar-refractivity contribution in [2.75, 3.05) is 6.54 Å². The van der Waals surface area contributed by atoms with Crippen LogP contribution in [0.4, 0.5) is 0 Å². The highest BCUT2D eigenvalue weighted by molar-refractivity contribution is 5.83. The first-order valence-electron chi connectivity index (χ1n) is 11.8. The van der Waals surface area contributed by atoms with E-state index in [4.69, 9.17) is 5.73 Å². The Bertz CT molecular complexity index is 721. The maximum absolute atomic E-state index is 13.6. The normalized spacial score (nSPS) is 39.0. The molecule has 3 atom stereocenters. The van der Waals surface area contributed by atoms with Crippen LogP contribution in [-0.4, -0.2) is 18.5 Å². The minimum atomic E-state index is -0.264. The number of carbonyl (C=O) groups excluding carboxylic acids is 1. The van der Waals surface area contributed by atoms with E-state index in [1.54, 1.807) is 0 Å². The molecule has 3 fully saturated rings. The predicted octanol–water partition coefficient (Wildman–Crippen LogP) is 5.18. The molecular formula is C26H40N2O. The molecule has 3 heteroatoms. The molecule has 160 valence electrons. The van der Waals surface area contributed by atoms with Crippen LogP contribution >= 0.6 is 0 Å². The molecule has 3 saturated carbocycles. The largest absolute Gasteiger partial charge is 0.353 e. The molecule has 3 N–H and O–H groups in total. The van der Waals surface area contributed by atoms with Crippen molar-refractivity contribution in [1.82, 2.24) is 5.32 Å². The van der Waals surface area contributed by atoms with Crippen LogP contribution in [0.15, 0.2) is 30.3 Å². The van der Waals surface area contributed by atoms with Gasteiger partial charge in [0.1, 0.15) is 0 Å². The molecule has 1 amide bonds. The van der Waals surface area contributed by atoms with Gasteiger partial charge in [0.05, 0.1) is 0 Å². The van der Waals surface area contributed by atoms with E-state index in [0.717, 1.165) is 45.1 Å². The number of nitrogens with one attached hydrogen (secondary N) is 1. The van der Waals surface area contributed by atoms with Gasteiger partial charge in [-0.25, -0.2) is 0 Å². The molecule has 0 aliphatic heterocycles. The minimum Gasteiger partial charge on any atom is -0.353 e. The molecular weight excluding hydrogens is 356 g/mol. The Hall–Kier alpha value is -1.35. The van der Waals surface area contributed by atoms with Gasteiger partial charge in [-0.3, -0.25) is 4.79 Å². The fourth-order valence-corrected chi connectivity index (χ4v) is 7.39. The van der Waals surface area contributed by atoms with Crippen molar-refractivity contribution in [3.8, 4) is 0 Å². The quantitative estimate of drug-likeness (QED) is 0.736. The third-order valence-corrected chi connectivity index (χ3v) is 8.26. The summed E-state index contributed by atoms with van der Waals surface area (Å²) in [6, 6.07) is 11.4. The smallest absolute Gasteiger partial charge is 0.226 e. The third kappa shape index (κ3) is 4.26. The SMILES string of the molecule is CC1(C)CC2CC(C)(C(=O)NC3CCC(CN)CC3)CC(c3ccccc3)(C2)C1. The lowest BCUT2D eigenvalue weighted by Gasteiger charge is -2.57. The van der Waals surface area contributed by atoms with E-state index in [1.807, 2.05) is 0 Å². The first-order chi connectivity index (χ1) is 13.7. The Morgan fingerprint density at radius 3 is 2.34 bits per heavy atom. The lowest BCUT2D eigenvalue weighted by atomic mass is 9.47. The van der Waals surface area contributed by atoms with Crippen LogP contribution in [-0.2, 0) is 10.2 Å². The summed E-state index contributed by atoms with van der Waals surface area (Å²) in [5, 5.41) is 3.47. The van der Waals surface area contributed by atoms with E-state index >= 15 is 0 Å². The Balaban J connectivity index is 1.54. The van der Waals surface area contributed by atoms with Gasteiger partial charge in [-0.1, -0.05) is 51.1 Å². The van der Waals surface area contributed by atoms with Gasteiger partial charge in [0.15, 0.2) is 0 Å². The molecule has 0 aromatic heterocycles.